The number of amides is 1. The summed E-state index contributed by atoms with van der Waals surface area (Å²) >= 11 is 0. The van der Waals surface area contributed by atoms with Crippen molar-refractivity contribution in [3.05, 3.63) is 88.9 Å². The van der Waals surface area contributed by atoms with Crippen molar-refractivity contribution in [2.24, 2.45) is 0 Å². The molecule has 5 nitrogen and oxygen atoms in total. The van der Waals surface area contributed by atoms with Crippen LogP contribution in [0.15, 0.2) is 60.8 Å². The Labute approximate surface area is 194 Å². The van der Waals surface area contributed by atoms with E-state index in [-0.39, 0.29) is 24.4 Å². The normalized spacial score (nSPS) is 15.2. The van der Waals surface area contributed by atoms with Gasteiger partial charge in [0.15, 0.2) is 0 Å². The number of halogens is 1. The summed E-state index contributed by atoms with van der Waals surface area (Å²) in [6.07, 6.45) is 2.28. The molecule has 1 aliphatic heterocycles. The van der Waals surface area contributed by atoms with E-state index in [0.717, 1.165) is 35.5 Å². The number of carbonyl (C=O) groups is 1. The lowest BCUT2D eigenvalue weighted by Crippen LogP contribution is -2.47. The summed E-state index contributed by atoms with van der Waals surface area (Å²) in [5.74, 6) is 0.198. The van der Waals surface area contributed by atoms with Crippen molar-refractivity contribution in [3.8, 4) is 5.88 Å². The van der Waals surface area contributed by atoms with Crippen molar-refractivity contribution in [1.29, 1.82) is 0 Å². The number of ether oxygens (including phenoxy) is 1. The molecule has 0 spiro atoms. The summed E-state index contributed by atoms with van der Waals surface area (Å²) in [4.78, 5) is 21.9. The molecular formula is C27H30FN3O2. The van der Waals surface area contributed by atoms with Crippen LogP contribution in [-0.2, 0) is 13.0 Å². The molecule has 0 radical (unpaired) electrons. The molecule has 3 aromatic rings. The monoisotopic (exact) mass is 447 g/mol. The number of fused-ring (bicyclic) bond motifs is 1. The van der Waals surface area contributed by atoms with Crippen molar-refractivity contribution in [2.75, 3.05) is 24.6 Å². The Bertz CT molecular complexity index is 1100. The fourth-order valence-electron chi connectivity index (χ4n) is 4.29. The maximum atomic E-state index is 13.9. The third kappa shape index (κ3) is 5.16. The minimum absolute atomic E-state index is 0.0541. The van der Waals surface area contributed by atoms with Crippen LogP contribution < -0.4 is 9.64 Å². The van der Waals surface area contributed by atoms with Crippen molar-refractivity contribution < 1.29 is 13.9 Å². The van der Waals surface area contributed by atoms with Crippen LogP contribution in [-0.4, -0.2) is 41.5 Å². The van der Waals surface area contributed by atoms with Crippen molar-refractivity contribution in [3.63, 3.8) is 0 Å². The summed E-state index contributed by atoms with van der Waals surface area (Å²) in [5.41, 5.74) is 4.67. The van der Waals surface area contributed by atoms with Gasteiger partial charge in [0.2, 0.25) is 5.88 Å². The van der Waals surface area contributed by atoms with Gasteiger partial charge in [-0.1, -0.05) is 12.1 Å². The number of hydrogen-bond acceptors (Lipinski definition) is 4. The van der Waals surface area contributed by atoms with E-state index in [1.807, 2.05) is 48.2 Å². The average molecular weight is 448 g/mol. The van der Waals surface area contributed by atoms with Gasteiger partial charge in [-0.05, 0) is 80.3 Å². The Morgan fingerprint density at radius 3 is 2.52 bits per heavy atom. The number of carbonyl (C=O) groups excluding carboxylic acids is 1. The molecule has 0 N–H and O–H groups in total. The number of nitrogens with zero attached hydrogens (tertiary/aromatic N) is 3. The van der Waals surface area contributed by atoms with Gasteiger partial charge in [-0.15, -0.1) is 0 Å². The lowest BCUT2D eigenvalue weighted by atomic mass is 9.93. The van der Waals surface area contributed by atoms with Crippen molar-refractivity contribution >= 4 is 11.6 Å². The quantitative estimate of drug-likeness (QED) is 0.510. The summed E-state index contributed by atoms with van der Waals surface area (Å²) in [6.45, 7) is 8.73. The number of rotatable bonds is 7. The minimum atomic E-state index is -0.264. The highest BCUT2D eigenvalue weighted by molar-refractivity contribution is 5.95. The maximum Gasteiger partial charge on any atom is 0.254 e. The first-order valence-corrected chi connectivity index (χ1v) is 11.5. The molecule has 0 fully saturated rings. The van der Waals surface area contributed by atoms with Crippen LogP contribution in [0.2, 0.25) is 0 Å². The molecule has 2 heterocycles. The highest BCUT2D eigenvalue weighted by Gasteiger charge is 2.31. The first kappa shape index (κ1) is 22.8. The van der Waals surface area contributed by atoms with Gasteiger partial charge in [0.25, 0.3) is 5.91 Å². The average Bonchev–Trinajstić information content (AvgIpc) is 2.84. The highest BCUT2D eigenvalue weighted by Crippen LogP contribution is 2.27. The van der Waals surface area contributed by atoms with Crippen LogP contribution in [0.3, 0.4) is 0 Å². The number of hydrogen-bond donors (Lipinski definition) is 0. The fourth-order valence-corrected chi connectivity index (χ4v) is 4.29. The third-order valence-electron chi connectivity index (χ3n) is 6.22. The molecule has 1 aromatic heterocycles. The number of pyridine rings is 1. The first-order valence-electron chi connectivity index (χ1n) is 11.5. The van der Waals surface area contributed by atoms with E-state index in [9.17, 15) is 9.18 Å². The van der Waals surface area contributed by atoms with E-state index in [1.165, 1.54) is 6.07 Å². The standard InChI is InChI=1S/C27H30FN3O2/c1-4-30(5-2)24-11-8-20(9-12-24)27(32)31-17-21-7-10-23(28)14-22(21)15-25(31)18-33-26-13-6-19(3)16-29-26/h6-14,16,25H,4-5,15,17-18H2,1-3H3/t25-/m0/s1. The molecule has 6 heteroatoms. The summed E-state index contributed by atoms with van der Waals surface area (Å²) in [5, 5.41) is 0. The Kier molecular flexibility index (Phi) is 6.92. The second-order valence-electron chi connectivity index (χ2n) is 8.41. The number of benzene rings is 2. The molecule has 0 unspecified atom stereocenters. The van der Waals surface area contributed by atoms with Crippen LogP contribution >= 0.6 is 0 Å². The van der Waals surface area contributed by atoms with Crippen LogP contribution in [0, 0.1) is 12.7 Å². The maximum absolute atomic E-state index is 13.9. The zero-order valence-corrected chi connectivity index (χ0v) is 19.4. The van der Waals surface area contributed by atoms with E-state index in [0.29, 0.717) is 24.4 Å². The molecule has 0 saturated carbocycles. The molecule has 1 amide bonds. The lowest BCUT2D eigenvalue weighted by Gasteiger charge is -2.37. The number of aryl methyl sites for hydroxylation is 1. The van der Waals surface area contributed by atoms with Crippen molar-refractivity contribution in [2.45, 2.75) is 39.8 Å². The first-order chi connectivity index (χ1) is 16.0. The van der Waals surface area contributed by atoms with Crippen molar-refractivity contribution in [1.82, 2.24) is 9.88 Å². The smallest absolute Gasteiger partial charge is 0.254 e. The Balaban J connectivity index is 1.57. The highest BCUT2D eigenvalue weighted by atomic mass is 19.1. The van der Waals surface area contributed by atoms with E-state index < -0.39 is 0 Å². The van der Waals surface area contributed by atoms with E-state index in [4.69, 9.17) is 4.74 Å². The fraction of sp³-hybridized carbons (Fsp3) is 0.333. The second kappa shape index (κ2) is 10.0. The van der Waals surface area contributed by atoms with Gasteiger partial charge in [-0.25, -0.2) is 9.37 Å². The predicted octanol–water partition coefficient (Wildman–Crippen LogP) is 5.02. The Morgan fingerprint density at radius 1 is 1.09 bits per heavy atom. The summed E-state index contributed by atoms with van der Waals surface area (Å²) < 4.78 is 19.8. The zero-order chi connectivity index (χ0) is 23.4. The Morgan fingerprint density at radius 2 is 1.85 bits per heavy atom. The molecule has 2 aromatic carbocycles. The predicted molar refractivity (Wildman–Crippen MR) is 128 cm³/mol. The molecule has 4 rings (SSSR count). The third-order valence-corrected chi connectivity index (χ3v) is 6.22. The minimum Gasteiger partial charge on any atom is -0.475 e. The molecule has 0 saturated heterocycles. The zero-order valence-electron chi connectivity index (χ0n) is 19.4. The van der Waals surface area contributed by atoms with Gasteiger partial charge >= 0.3 is 0 Å². The van der Waals surface area contributed by atoms with Crippen LogP contribution in [0.4, 0.5) is 10.1 Å². The number of aromatic nitrogens is 1. The van der Waals surface area contributed by atoms with Gasteiger partial charge in [0.1, 0.15) is 12.4 Å². The van der Waals surface area contributed by atoms with E-state index >= 15 is 0 Å². The van der Waals surface area contributed by atoms with E-state index in [2.05, 4.69) is 23.7 Å². The van der Waals surface area contributed by atoms with Gasteiger partial charge < -0.3 is 14.5 Å². The topological polar surface area (TPSA) is 45.7 Å². The largest absolute Gasteiger partial charge is 0.475 e. The molecule has 0 bridgehead atoms. The van der Waals surface area contributed by atoms with E-state index in [1.54, 1.807) is 18.3 Å². The second-order valence-corrected chi connectivity index (χ2v) is 8.41. The van der Waals surface area contributed by atoms with Gasteiger partial charge in [-0.3, -0.25) is 4.79 Å². The molecule has 1 atom stereocenters. The molecule has 0 aliphatic carbocycles. The molecule has 1 aliphatic rings. The Hall–Kier alpha value is -3.41. The summed E-state index contributed by atoms with van der Waals surface area (Å²) in [6, 6.07) is 16.1. The number of anilines is 1. The summed E-state index contributed by atoms with van der Waals surface area (Å²) in [7, 11) is 0. The molecule has 33 heavy (non-hydrogen) atoms. The van der Waals surface area contributed by atoms with Crippen LogP contribution in [0.25, 0.3) is 0 Å². The molecule has 172 valence electrons. The van der Waals surface area contributed by atoms with Gasteiger partial charge in [0.05, 0.1) is 6.04 Å². The lowest BCUT2D eigenvalue weighted by molar-refractivity contribution is 0.0562. The molecular weight excluding hydrogens is 417 g/mol. The van der Waals surface area contributed by atoms with Gasteiger partial charge in [0, 0.05) is 43.1 Å². The van der Waals surface area contributed by atoms with Crippen LogP contribution in [0.5, 0.6) is 5.88 Å². The van der Waals surface area contributed by atoms with Crippen LogP contribution in [0.1, 0.15) is 40.9 Å². The SMILES string of the molecule is CCN(CC)c1ccc(C(=O)N2Cc3ccc(F)cc3C[C@H]2COc2ccc(C)cn2)cc1. The van der Waals surface area contributed by atoms with Gasteiger partial charge in [-0.2, -0.15) is 0 Å².